The van der Waals surface area contributed by atoms with E-state index in [4.69, 9.17) is 9.47 Å². The standard InChI is InChI=1S/C25H32N2O4/c1-16(2)13-26-24(28)22-15-27(25(29)18-8-6-17(3)7-9-18)14-21(22)20-12-19(30-4)10-11-23(20)31-5/h6-12,16,21-22H,13-15H2,1-5H3,(H,26,28)/t21-,22+/m1/s1. The number of nitrogens with zero attached hydrogens (tertiary/aromatic N) is 1. The molecule has 1 N–H and O–H groups in total. The number of hydrogen-bond donors (Lipinski definition) is 1. The Morgan fingerprint density at radius 3 is 2.39 bits per heavy atom. The first-order valence-electron chi connectivity index (χ1n) is 10.7. The minimum absolute atomic E-state index is 0.0391. The van der Waals surface area contributed by atoms with Crippen LogP contribution in [0.25, 0.3) is 0 Å². The molecule has 166 valence electrons. The summed E-state index contributed by atoms with van der Waals surface area (Å²) < 4.78 is 11.0. The summed E-state index contributed by atoms with van der Waals surface area (Å²) in [6.07, 6.45) is 0. The van der Waals surface area contributed by atoms with E-state index in [1.54, 1.807) is 19.1 Å². The first-order chi connectivity index (χ1) is 14.8. The van der Waals surface area contributed by atoms with E-state index in [0.717, 1.165) is 11.1 Å². The van der Waals surface area contributed by atoms with Crippen LogP contribution in [0.3, 0.4) is 0 Å². The highest BCUT2D eigenvalue weighted by Crippen LogP contribution is 2.40. The molecule has 2 amide bonds. The van der Waals surface area contributed by atoms with Crippen molar-refractivity contribution in [1.82, 2.24) is 10.2 Å². The maximum absolute atomic E-state index is 13.2. The van der Waals surface area contributed by atoms with Crippen molar-refractivity contribution in [1.29, 1.82) is 0 Å². The van der Waals surface area contributed by atoms with Crippen LogP contribution >= 0.6 is 0 Å². The molecule has 3 rings (SSSR count). The molecule has 1 saturated heterocycles. The summed E-state index contributed by atoms with van der Waals surface area (Å²) in [4.78, 5) is 28.1. The van der Waals surface area contributed by atoms with Gasteiger partial charge in [0, 0.05) is 36.7 Å². The van der Waals surface area contributed by atoms with Crippen molar-refractivity contribution in [3.63, 3.8) is 0 Å². The summed E-state index contributed by atoms with van der Waals surface area (Å²) in [7, 11) is 3.23. The Labute approximate surface area is 184 Å². The Bertz CT molecular complexity index is 924. The zero-order chi connectivity index (χ0) is 22.5. The topological polar surface area (TPSA) is 67.9 Å². The third kappa shape index (κ3) is 5.19. The molecule has 2 atom stereocenters. The lowest BCUT2D eigenvalue weighted by molar-refractivity contribution is -0.125. The lowest BCUT2D eigenvalue weighted by Gasteiger charge is -2.21. The van der Waals surface area contributed by atoms with Gasteiger partial charge in [0.2, 0.25) is 5.91 Å². The average Bonchev–Trinajstić information content (AvgIpc) is 3.22. The van der Waals surface area contributed by atoms with Gasteiger partial charge in [-0.2, -0.15) is 0 Å². The predicted molar refractivity (Wildman–Crippen MR) is 121 cm³/mol. The smallest absolute Gasteiger partial charge is 0.253 e. The van der Waals surface area contributed by atoms with Gasteiger partial charge >= 0.3 is 0 Å². The Kier molecular flexibility index (Phi) is 7.21. The molecule has 0 spiro atoms. The maximum atomic E-state index is 13.2. The largest absolute Gasteiger partial charge is 0.497 e. The molecular weight excluding hydrogens is 392 g/mol. The van der Waals surface area contributed by atoms with Crippen molar-refractivity contribution in [3.8, 4) is 11.5 Å². The normalized spacial score (nSPS) is 18.2. The lowest BCUT2D eigenvalue weighted by Crippen LogP contribution is -2.37. The van der Waals surface area contributed by atoms with Crippen LogP contribution in [-0.4, -0.2) is 50.6 Å². The highest BCUT2D eigenvalue weighted by molar-refractivity contribution is 5.95. The second-order valence-electron chi connectivity index (χ2n) is 8.54. The van der Waals surface area contributed by atoms with E-state index in [1.165, 1.54) is 0 Å². The number of carbonyl (C=O) groups is 2. The zero-order valence-electron chi connectivity index (χ0n) is 19.0. The quantitative estimate of drug-likeness (QED) is 0.737. The van der Waals surface area contributed by atoms with Crippen LogP contribution in [0, 0.1) is 18.8 Å². The third-order valence-electron chi connectivity index (χ3n) is 5.76. The van der Waals surface area contributed by atoms with Crippen molar-refractivity contribution >= 4 is 11.8 Å². The molecule has 0 aliphatic carbocycles. The van der Waals surface area contributed by atoms with Crippen molar-refractivity contribution in [3.05, 3.63) is 59.2 Å². The van der Waals surface area contributed by atoms with Gasteiger partial charge in [-0.15, -0.1) is 0 Å². The van der Waals surface area contributed by atoms with Crippen LogP contribution < -0.4 is 14.8 Å². The third-order valence-corrected chi connectivity index (χ3v) is 5.76. The van der Waals surface area contributed by atoms with Gasteiger partial charge in [0.1, 0.15) is 11.5 Å². The Morgan fingerprint density at radius 2 is 1.77 bits per heavy atom. The first kappa shape index (κ1) is 22.7. The van der Waals surface area contributed by atoms with E-state index in [0.29, 0.717) is 42.6 Å². The highest BCUT2D eigenvalue weighted by atomic mass is 16.5. The molecule has 1 aliphatic rings. The molecule has 1 fully saturated rings. The van der Waals surface area contributed by atoms with Crippen molar-refractivity contribution in [2.75, 3.05) is 33.9 Å². The van der Waals surface area contributed by atoms with Gasteiger partial charge in [0.15, 0.2) is 0 Å². The monoisotopic (exact) mass is 424 g/mol. The molecule has 1 aliphatic heterocycles. The molecule has 31 heavy (non-hydrogen) atoms. The minimum Gasteiger partial charge on any atom is -0.497 e. The molecule has 6 nitrogen and oxygen atoms in total. The van der Waals surface area contributed by atoms with Gasteiger partial charge in [-0.05, 0) is 43.2 Å². The molecule has 6 heteroatoms. The zero-order valence-corrected chi connectivity index (χ0v) is 19.0. The van der Waals surface area contributed by atoms with Gasteiger partial charge in [0.05, 0.1) is 20.1 Å². The summed E-state index contributed by atoms with van der Waals surface area (Å²) in [6.45, 7) is 7.51. The number of methoxy groups -OCH3 is 2. The van der Waals surface area contributed by atoms with Crippen LogP contribution in [0.4, 0.5) is 0 Å². The molecule has 0 saturated carbocycles. The van der Waals surface area contributed by atoms with Gasteiger partial charge in [-0.25, -0.2) is 0 Å². The summed E-state index contributed by atoms with van der Waals surface area (Å²) in [5, 5.41) is 3.05. The van der Waals surface area contributed by atoms with E-state index >= 15 is 0 Å². The van der Waals surface area contributed by atoms with Gasteiger partial charge < -0.3 is 19.7 Å². The summed E-state index contributed by atoms with van der Waals surface area (Å²) in [5.74, 6) is 1.08. The molecule has 2 aromatic carbocycles. The van der Waals surface area contributed by atoms with E-state index in [9.17, 15) is 9.59 Å². The Balaban J connectivity index is 1.93. The van der Waals surface area contributed by atoms with E-state index in [1.807, 2.05) is 49.4 Å². The second kappa shape index (κ2) is 9.86. The molecule has 0 radical (unpaired) electrons. The average molecular weight is 425 g/mol. The predicted octanol–water partition coefficient (Wildman–Crippen LogP) is 3.64. The number of rotatable bonds is 7. The van der Waals surface area contributed by atoms with E-state index in [2.05, 4.69) is 19.2 Å². The second-order valence-corrected chi connectivity index (χ2v) is 8.54. The number of likely N-dealkylation sites (tertiary alicyclic amines) is 1. The fourth-order valence-electron chi connectivity index (χ4n) is 3.99. The van der Waals surface area contributed by atoms with E-state index in [-0.39, 0.29) is 23.7 Å². The van der Waals surface area contributed by atoms with Crippen molar-refractivity contribution in [2.24, 2.45) is 11.8 Å². The van der Waals surface area contributed by atoms with E-state index < -0.39 is 0 Å². The van der Waals surface area contributed by atoms with Crippen LogP contribution in [0.5, 0.6) is 11.5 Å². The number of amides is 2. The van der Waals surface area contributed by atoms with Gasteiger partial charge in [0.25, 0.3) is 5.91 Å². The lowest BCUT2D eigenvalue weighted by atomic mass is 9.87. The minimum atomic E-state index is -0.367. The van der Waals surface area contributed by atoms with Gasteiger partial charge in [-0.3, -0.25) is 9.59 Å². The van der Waals surface area contributed by atoms with Crippen molar-refractivity contribution in [2.45, 2.75) is 26.7 Å². The molecule has 2 aromatic rings. The molecule has 0 unspecified atom stereocenters. The SMILES string of the molecule is COc1ccc(OC)c([C@H]2CN(C(=O)c3ccc(C)cc3)C[C@@H]2C(=O)NCC(C)C)c1. The summed E-state index contributed by atoms with van der Waals surface area (Å²) in [6, 6.07) is 13.1. The highest BCUT2D eigenvalue weighted by Gasteiger charge is 2.41. The maximum Gasteiger partial charge on any atom is 0.253 e. The van der Waals surface area contributed by atoms with Crippen LogP contribution in [0.1, 0.15) is 41.3 Å². The Hall–Kier alpha value is -3.02. The molecule has 0 aromatic heterocycles. The van der Waals surface area contributed by atoms with Crippen LogP contribution in [0.15, 0.2) is 42.5 Å². The number of ether oxygens (including phenoxy) is 2. The number of aryl methyl sites for hydroxylation is 1. The van der Waals surface area contributed by atoms with Gasteiger partial charge in [-0.1, -0.05) is 31.5 Å². The summed E-state index contributed by atoms with van der Waals surface area (Å²) in [5.41, 5.74) is 2.61. The molecule has 0 bridgehead atoms. The first-order valence-corrected chi connectivity index (χ1v) is 10.7. The fourth-order valence-corrected chi connectivity index (χ4v) is 3.99. The summed E-state index contributed by atoms with van der Waals surface area (Å²) >= 11 is 0. The molecule has 1 heterocycles. The molecular formula is C25H32N2O4. The van der Waals surface area contributed by atoms with Crippen LogP contribution in [-0.2, 0) is 4.79 Å². The van der Waals surface area contributed by atoms with Crippen molar-refractivity contribution < 1.29 is 19.1 Å². The fraction of sp³-hybridized carbons (Fsp3) is 0.440. The number of hydrogen-bond acceptors (Lipinski definition) is 4. The Morgan fingerprint density at radius 1 is 1.06 bits per heavy atom. The number of benzene rings is 2. The number of nitrogens with one attached hydrogen (secondary N) is 1. The number of carbonyl (C=O) groups excluding carboxylic acids is 2. The van der Waals surface area contributed by atoms with Crippen LogP contribution in [0.2, 0.25) is 0 Å².